The molecule has 2 heterocycles. The Morgan fingerprint density at radius 3 is 1.23 bits per heavy atom. The molecule has 0 aliphatic rings. The lowest BCUT2D eigenvalue weighted by Gasteiger charge is -2.01. The Kier molecular flexibility index (Phi) is 14.8. The standard InChI is InChI=1S/C35H54N4.BrH/c1-3-5-7-9-11-13-15-21-27-37-31-39(35-25-19-17-23-33(35)37)29-28-38-30-36(32-22-16-18-24-34(32)38)26-20-14-12-10-8-6-4-2;/h16-19,22-25,30-31H,3-15,20-21,26-29H2,1-2H3;1H/q+2;/p-1. The van der Waals surface area contributed by atoms with Crippen LogP contribution in [0.5, 0.6) is 0 Å². The second-order valence-corrected chi connectivity index (χ2v) is 11.6. The van der Waals surface area contributed by atoms with E-state index in [1.54, 1.807) is 0 Å². The number of fused-ring (bicyclic) bond motifs is 2. The van der Waals surface area contributed by atoms with Crippen molar-refractivity contribution in [2.45, 2.75) is 136 Å². The van der Waals surface area contributed by atoms with E-state index in [0.29, 0.717) is 0 Å². The van der Waals surface area contributed by atoms with Crippen molar-refractivity contribution in [1.82, 2.24) is 9.13 Å². The van der Waals surface area contributed by atoms with Gasteiger partial charge in [0.25, 0.3) is 0 Å². The molecule has 5 heteroatoms. The minimum Gasteiger partial charge on any atom is -1.00 e. The highest BCUT2D eigenvalue weighted by atomic mass is 79.9. The quantitative estimate of drug-likeness (QED) is 0.0894. The first-order chi connectivity index (χ1) is 19.3. The summed E-state index contributed by atoms with van der Waals surface area (Å²) >= 11 is 0. The molecule has 0 atom stereocenters. The Balaban J connectivity index is 0.00000441. The predicted molar refractivity (Wildman–Crippen MR) is 165 cm³/mol. The monoisotopic (exact) mass is 609 g/mol. The van der Waals surface area contributed by atoms with Crippen LogP contribution in [0.1, 0.15) is 110 Å². The summed E-state index contributed by atoms with van der Waals surface area (Å²) in [5, 5.41) is 0. The fourth-order valence-electron chi connectivity index (χ4n) is 6.07. The number of imidazole rings is 2. The summed E-state index contributed by atoms with van der Waals surface area (Å²) in [5.74, 6) is 0. The maximum Gasteiger partial charge on any atom is 0.244 e. The molecule has 0 aliphatic heterocycles. The minimum absolute atomic E-state index is 0. The van der Waals surface area contributed by atoms with Crippen LogP contribution in [0.25, 0.3) is 22.1 Å². The molecule has 2 aromatic heterocycles. The normalized spacial score (nSPS) is 11.4. The van der Waals surface area contributed by atoms with E-state index in [4.69, 9.17) is 0 Å². The van der Waals surface area contributed by atoms with Gasteiger partial charge in [-0.25, -0.2) is 18.3 Å². The van der Waals surface area contributed by atoms with Crippen molar-refractivity contribution in [3.63, 3.8) is 0 Å². The van der Waals surface area contributed by atoms with Gasteiger partial charge < -0.3 is 17.0 Å². The Morgan fingerprint density at radius 2 is 0.825 bits per heavy atom. The van der Waals surface area contributed by atoms with Gasteiger partial charge in [-0.1, -0.05) is 109 Å². The Morgan fingerprint density at radius 1 is 0.475 bits per heavy atom. The van der Waals surface area contributed by atoms with Crippen LogP contribution >= 0.6 is 0 Å². The number of hydrogen-bond acceptors (Lipinski definition) is 0. The van der Waals surface area contributed by atoms with E-state index in [0.717, 1.165) is 26.2 Å². The number of para-hydroxylation sites is 4. The first-order valence-corrected chi connectivity index (χ1v) is 16.3. The molecule has 0 aliphatic carbocycles. The van der Waals surface area contributed by atoms with Gasteiger partial charge >= 0.3 is 0 Å². The molecule has 40 heavy (non-hydrogen) atoms. The van der Waals surface area contributed by atoms with Crippen LogP contribution in [0.3, 0.4) is 0 Å². The molecule has 0 N–H and O–H groups in total. The molecule has 0 fully saturated rings. The smallest absolute Gasteiger partial charge is 0.244 e. The SMILES string of the molecule is CCCCCCCCCC[n+]1cn(CCn2c[n+](CCCCCCCCC)c3ccccc32)c2ccccc21.[Br-]. The zero-order valence-corrected chi connectivity index (χ0v) is 27.0. The lowest BCUT2D eigenvalue weighted by Crippen LogP contribution is -3.00. The molecule has 2 aromatic carbocycles. The maximum absolute atomic E-state index is 2.49. The fraction of sp³-hybridized carbons (Fsp3) is 0.600. The van der Waals surface area contributed by atoms with Crippen molar-refractivity contribution < 1.29 is 26.1 Å². The number of nitrogens with zero attached hydrogens (tertiary/aromatic N) is 4. The van der Waals surface area contributed by atoms with Gasteiger partial charge in [-0.05, 0) is 49.9 Å². The summed E-state index contributed by atoms with van der Waals surface area (Å²) in [6, 6.07) is 17.9. The van der Waals surface area contributed by atoms with Crippen LogP contribution in [0, 0.1) is 0 Å². The number of benzene rings is 2. The van der Waals surface area contributed by atoms with Crippen LogP contribution in [-0.2, 0) is 26.2 Å². The van der Waals surface area contributed by atoms with Crippen molar-refractivity contribution in [2.24, 2.45) is 0 Å². The Bertz CT molecular complexity index is 1240. The van der Waals surface area contributed by atoms with Crippen molar-refractivity contribution in [3.8, 4) is 0 Å². The number of unbranched alkanes of at least 4 members (excludes halogenated alkanes) is 13. The fourth-order valence-corrected chi connectivity index (χ4v) is 6.07. The van der Waals surface area contributed by atoms with E-state index in [1.165, 1.54) is 118 Å². The molecule has 4 aromatic rings. The van der Waals surface area contributed by atoms with E-state index in [-0.39, 0.29) is 17.0 Å². The number of hydrogen-bond donors (Lipinski definition) is 0. The number of halogens is 1. The molecule has 0 bridgehead atoms. The van der Waals surface area contributed by atoms with Crippen molar-refractivity contribution in [1.29, 1.82) is 0 Å². The molecule has 0 spiro atoms. The van der Waals surface area contributed by atoms with Gasteiger partial charge in [0, 0.05) is 0 Å². The van der Waals surface area contributed by atoms with E-state index in [1.807, 2.05) is 0 Å². The highest BCUT2D eigenvalue weighted by molar-refractivity contribution is 5.72. The largest absolute Gasteiger partial charge is 1.00 e. The van der Waals surface area contributed by atoms with Crippen LogP contribution in [-0.4, -0.2) is 9.13 Å². The highest BCUT2D eigenvalue weighted by Crippen LogP contribution is 2.16. The van der Waals surface area contributed by atoms with Crippen LogP contribution in [0.4, 0.5) is 0 Å². The minimum atomic E-state index is 0. The number of aryl methyl sites for hydroxylation is 4. The van der Waals surface area contributed by atoms with Gasteiger partial charge in [0.15, 0.2) is 22.1 Å². The van der Waals surface area contributed by atoms with E-state index in [2.05, 4.69) is 93.3 Å². The second kappa shape index (κ2) is 18.3. The predicted octanol–water partition coefficient (Wildman–Crippen LogP) is 5.77. The molecule has 0 radical (unpaired) electrons. The van der Waals surface area contributed by atoms with E-state index < -0.39 is 0 Å². The number of aromatic nitrogens is 4. The summed E-state index contributed by atoms with van der Waals surface area (Å²) in [6.07, 6.45) is 25.2. The van der Waals surface area contributed by atoms with Gasteiger partial charge in [-0.3, -0.25) is 0 Å². The topological polar surface area (TPSA) is 17.6 Å². The summed E-state index contributed by atoms with van der Waals surface area (Å²) < 4.78 is 9.90. The molecule has 0 amide bonds. The molecule has 4 rings (SSSR count). The lowest BCUT2D eigenvalue weighted by atomic mass is 10.1. The summed E-state index contributed by atoms with van der Waals surface area (Å²) in [4.78, 5) is 0. The zero-order valence-electron chi connectivity index (χ0n) is 25.4. The summed E-state index contributed by atoms with van der Waals surface area (Å²) in [7, 11) is 0. The maximum atomic E-state index is 2.49. The molecule has 0 saturated heterocycles. The zero-order chi connectivity index (χ0) is 27.1. The third-order valence-electron chi connectivity index (χ3n) is 8.40. The van der Waals surface area contributed by atoms with Gasteiger partial charge in [0.1, 0.15) is 13.1 Å². The van der Waals surface area contributed by atoms with E-state index >= 15 is 0 Å². The van der Waals surface area contributed by atoms with Gasteiger partial charge in [-0.2, -0.15) is 0 Å². The third kappa shape index (κ3) is 9.46. The van der Waals surface area contributed by atoms with Crippen LogP contribution in [0.2, 0.25) is 0 Å². The number of rotatable bonds is 20. The average Bonchev–Trinajstić information content (AvgIpc) is 3.51. The molecular weight excluding hydrogens is 556 g/mol. The Labute approximate surface area is 254 Å². The van der Waals surface area contributed by atoms with Crippen molar-refractivity contribution in [2.75, 3.05) is 0 Å². The first kappa shape index (κ1) is 32.4. The van der Waals surface area contributed by atoms with Gasteiger partial charge in [0.2, 0.25) is 12.7 Å². The van der Waals surface area contributed by atoms with Crippen LogP contribution < -0.4 is 26.1 Å². The lowest BCUT2D eigenvalue weighted by molar-refractivity contribution is -0.673. The first-order valence-electron chi connectivity index (χ1n) is 16.3. The van der Waals surface area contributed by atoms with Gasteiger partial charge in [0.05, 0.1) is 13.1 Å². The van der Waals surface area contributed by atoms with Gasteiger partial charge in [-0.15, -0.1) is 0 Å². The van der Waals surface area contributed by atoms with E-state index in [9.17, 15) is 0 Å². The summed E-state index contributed by atoms with van der Waals surface area (Å²) in [6.45, 7) is 8.80. The third-order valence-corrected chi connectivity index (χ3v) is 8.40. The Hall–Kier alpha value is -2.14. The van der Waals surface area contributed by atoms with Crippen molar-refractivity contribution in [3.05, 3.63) is 61.2 Å². The molecule has 220 valence electrons. The average molecular weight is 611 g/mol. The molecule has 0 unspecified atom stereocenters. The molecule has 4 nitrogen and oxygen atoms in total. The molecular formula is C35H54BrN4+. The molecule has 0 saturated carbocycles. The summed E-state index contributed by atoms with van der Waals surface area (Å²) in [5.41, 5.74) is 5.44. The second-order valence-electron chi connectivity index (χ2n) is 11.6. The van der Waals surface area contributed by atoms with Crippen molar-refractivity contribution >= 4 is 22.1 Å². The highest BCUT2D eigenvalue weighted by Gasteiger charge is 2.19. The van der Waals surface area contributed by atoms with Crippen LogP contribution in [0.15, 0.2) is 61.2 Å².